The van der Waals surface area contributed by atoms with E-state index in [1.54, 1.807) is 0 Å². The molecule has 8 heteroatoms. The Labute approximate surface area is 153 Å². The van der Waals surface area contributed by atoms with E-state index >= 15 is 0 Å². The minimum Gasteiger partial charge on any atom is -0.363 e. The van der Waals surface area contributed by atoms with Crippen LogP contribution in [0.15, 0.2) is 53.4 Å². The van der Waals surface area contributed by atoms with Crippen LogP contribution in [-0.4, -0.2) is 33.8 Å². The minimum atomic E-state index is -1.09. The first-order valence-electron chi connectivity index (χ1n) is 7.80. The minimum absolute atomic E-state index is 0.167. The summed E-state index contributed by atoms with van der Waals surface area (Å²) in [4.78, 5) is 36.2. The van der Waals surface area contributed by atoms with E-state index in [0.29, 0.717) is 11.3 Å². The third kappa shape index (κ3) is 3.86. The van der Waals surface area contributed by atoms with Crippen molar-refractivity contribution in [2.24, 2.45) is 5.73 Å². The highest BCUT2D eigenvalue weighted by atomic mass is 32.1. The number of H-pyrrole nitrogens is 1. The van der Waals surface area contributed by atoms with Gasteiger partial charge in [-0.1, -0.05) is 30.3 Å². The molecule has 2 amide bonds. The number of benzene rings is 1. The number of nitrogens with two attached hydrogens (primary N) is 1. The van der Waals surface area contributed by atoms with Crippen molar-refractivity contribution in [1.29, 1.82) is 0 Å². The first kappa shape index (κ1) is 17.6. The van der Waals surface area contributed by atoms with Gasteiger partial charge in [-0.2, -0.15) is 16.4 Å². The summed E-state index contributed by atoms with van der Waals surface area (Å²) in [6.07, 6.45) is 1.55. The van der Waals surface area contributed by atoms with Gasteiger partial charge in [0.15, 0.2) is 0 Å². The number of primary amides is 1. The molecule has 0 saturated heterocycles. The molecule has 3 rings (SSSR count). The van der Waals surface area contributed by atoms with Crippen LogP contribution in [0.25, 0.3) is 11.3 Å². The van der Waals surface area contributed by atoms with Gasteiger partial charge in [-0.15, -0.1) is 0 Å². The van der Waals surface area contributed by atoms with Crippen LogP contribution in [0.3, 0.4) is 0 Å². The number of nitrogens with zero attached hydrogens (tertiary/aromatic N) is 1. The zero-order chi connectivity index (χ0) is 18.5. The molecule has 0 bridgehead atoms. The van der Waals surface area contributed by atoms with E-state index in [4.69, 9.17) is 5.73 Å². The van der Waals surface area contributed by atoms with Crippen molar-refractivity contribution >= 4 is 28.9 Å². The van der Waals surface area contributed by atoms with Crippen LogP contribution < -0.4 is 11.1 Å². The van der Waals surface area contributed by atoms with Gasteiger partial charge in [0.05, 0.1) is 17.5 Å². The maximum absolute atomic E-state index is 12.7. The maximum atomic E-state index is 12.7. The summed E-state index contributed by atoms with van der Waals surface area (Å²) in [5.41, 5.74) is 7.60. The van der Waals surface area contributed by atoms with Gasteiger partial charge in [-0.25, -0.2) is 0 Å². The van der Waals surface area contributed by atoms with Gasteiger partial charge in [-0.05, 0) is 17.0 Å². The third-order valence-electron chi connectivity index (χ3n) is 3.84. The molecule has 132 valence electrons. The zero-order valence-electron chi connectivity index (χ0n) is 13.6. The van der Waals surface area contributed by atoms with Gasteiger partial charge >= 0.3 is 0 Å². The first-order valence-corrected chi connectivity index (χ1v) is 8.75. The van der Waals surface area contributed by atoms with Crippen molar-refractivity contribution in [2.75, 3.05) is 0 Å². The molecule has 2 aromatic heterocycles. The van der Waals surface area contributed by atoms with E-state index in [9.17, 15) is 14.4 Å². The molecule has 0 spiro atoms. The number of nitrogens with one attached hydrogen (secondary N) is 2. The standard InChI is InChI=1S/C18H16N4O3S/c19-17(24)16(23)14(8-11-4-2-1-3-5-11)21-18(25)13-9-20-22-15(13)12-6-7-26-10-12/h1-7,9-10,14H,8H2,(H2,19,24)(H,20,22)(H,21,25). The second kappa shape index (κ2) is 7.75. The summed E-state index contributed by atoms with van der Waals surface area (Å²) in [7, 11) is 0. The van der Waals surface area contributed by atoms with E-state index in [2.05, 4.69) is 15.5 Å². The molecule has 0 aliphatic rings. The molecule has 2 heterocycles. The Hall–Kier alpha value is -3.26. The molecule has 1 unspecified atom stereocenters. The summed E-state index contributed by atoms with van der Waals surface area (Å²) in [5.74, 6) is -2.44. The average molecular weight is 368 g/mol. The number of hydrogen-bond acceptors (Lipinski definition) is 5. The SMILES string of the molecule is NC(=O)C(=O)C(Cc1ccccc1)NC(=O)c1cn[nH]c1-c1ccsc1. The van der Waals surface area contributed by atoms with E-state index in [0.717, 1.165) is 11.1 Å². The third-order valence-corrected chi connectivity index (χ3v) is 4.52. The monoisotopic (exact) mass is 368 g/mol. The second-order valence-corrected chi connectivity index (χ2v) is 6.40. The number of aromatic amines is 1. The van der Waals surface area contributed by atoms with Gasteiger partial charge in [0, 0.05) is 17.4 Å². The lowest BCUT2D eigenvalue weighted by Gasteiger charge is -2.16. The van der Waals surface area contributed by atoms with E-state index in [1.165, 1.54) is 17.5 Å². The Balaban J connectivity index is 1.83. The highest BCUT2D eigenvalue weighted by Gasteiger charge is 2.27. The number of carbonyl (C=O) groups excluding carboxylic acids is 3. The molecular formula is C18H16N4O3S. The quantitative estimate of drug-likeness (QED) is 0.548. The van der Waals surface area contributed by atoms with Crippen LogP contribution in [0.1, 0.15) is 15.9 Å². The van der Waals surface area contributed by atoms with E-state index in [1.807, 2.05) is 47.2 Å². The number of hydrogen-bond donors (Lipinski definition) is 3. The Kier molecular flexibility index (Phi) is 5.23. The van der Waals surface area contributed by atoms with Crippen molar-refractivity contribution in [3.05, 3.63) is 64.5 Å². The van der Waals surface area contributed by atoms with Gasteiger partial charge in [0.1, 0.15) is 6.04 Å². The van der Waals surface area contributed by atoms with Crippen molar-refractivity contribution in [1.82, 2.24) is 15.5 Å². The van der Waals surface area contributed by atoms with Crippen LogP contribution in [0.2, 0.25) is 0 Å². The van der Waals surface area contributed by atoms with Crippen LogP contribution in [-0.2, 0) is 16.0 Å². The highest BCUT2D eigenvalue weighted by Crippen LogP contribution is 2.23. The van der Waals surface area contributed by atoms with Crippen molar-refractivity contribution < 1.29 is 14.4 Å². The largest absolute Gasteiger partial charge is 0.363 e. The predicted molar refractivity (Wildman–Crippen MR) is 97.5 cm³/mol. The Morgan fingerprint density at radius 2 is 1.96 bits per heavy atom. The zero-order valence-corrected chi connectivity index (χ0v) is 14.5. The molecule has 0 aliphatic heterocycles. The van der Waals surface area contributed by atoms with Gasteiger partial charge in [0.25, 0.3) is 11.8 Å². The van der Waals surface area contributed by atoms with Crippen molar-refractivity contribution in [3.8, 4) is 11.3 Å². The maximum Gasteiger partial charge on any atom is 0.287 e. The van der Waals surface area contributed by atoms with Gasteiger partial charge in [-0.3, -0.25) is 19.5 Å². The lowest BCUT2D eigenvalue weighted by atomic mass is 10.0. The van der Waals surface area contributed by atoms with Crippen LogP contribution in [0, 0.1) is 0 Å². The number of thiophene rings is 1. The summed E-state index contributed by atoms with van der Waals surface area (Å²) in [5, 5.41) is 13.1. The lowest BCUT2D eigenvalue weighted by molar-refractivity contribution is -0.137. The van der Waals surface area contributed by atoms with E-state index < -0.39 is 23.6 Å². The average Bonchev–Trinajstić information content (AvgIpc) is 3.32. The fraction of sp³-hybridized carbons (Fsp3) is 0.111. The van der Waals surface area contributed by atoms with Gasteiger partial charge in [0.2, 0.25) is 5.78 Å². The summed E-state index contributed by atoms with van der Waals surface area (Å²) >= 11 is 1.49. The molecule has 0 aliphatic carbocycles. The Morgan fingerprint density at radius 1 is 1.19 bits per heavy atom. The molecule has 26 heavy (non-hydrogen) atoms. The fourth-order valence-corrected chi connectivity index (χ4v) is 3.20. The lowest BCUT2D eigenvalue weighted by Crippen LogP contribution is -2.47. The second-order valence-electron chi connectivity index (χ2n) is 5.61. The normalized spacial score (nSPS) is 11.7. The topological polar surface area (TPSA) is 118 Å². The number of aromatic nitrogens is 2. The summed E-state index contributed by atoms with van der Waals surface area (Å²) < 4.78 is 0. The Morgan fingerprint density at radius 3 is 2.62 bits per heavy atom. The first-order chi connectivity index (χ1) is 12.6. The number of rotatable bonds is 7. The summed E-state index contributed by atoms with van der Waals surface area (Å²) in [6.45, 7) is 0. The van der Waals surface area contributed by atoms with E-state index in [-0.39, 0.29) is 6.42 Å². The molecule has 1 atom stereocenters. The highest BCUT2D eigenvalue weighted by molar-refractivity contribution is 7.08. The predicted octanol–water partition coefficient (Wildman–Crippen LogP) is 1.53. The smallest absolute Gasteiger partial charge is 0.287 e. The van der Waals surface area contributed by atoms with Crippen LogP contribution in [0.5, 0.6) is 0 Å². The molecule has 4 N–H and O–H groups in total. The molecule has 0 fully saturated rings. The number of Topliss-reactive ketones (excluding diaryl/α,β-unsaturated/α-hetero) is 1. The van der Waals surface area contributed by atoms with Gasteiger partial charge < -0.3 is 11.1 Å². The Bertz CT molecular complexity index is 919. The molecule has 0 saturated carbocycles. The fourth-order valence-electron chi connectivity index (χ4n) is 2.55. The number of amides is 2. The number of ketones is 1. The molecular weight excluding hydrogens is 352 g/mol. The molecule has 3 aromatic rings. The van der Waals surface area contributed by atoms with Crippen molar-refractivity contribution in [2.45, 2.75) is 12.5 Å². The summed E-state index contributed by atoms with van der Waals surface area (Å²) in [6, 6.07) is 9.88. The molecule has 1 aromatic carbocycles. The molecule has 7 nitrogen and oxygen atoms in total. The van der Waals surface area contributed by atoms with Crippen LogP contribution in [0.4, 0.5) is 0 Å². The van der Waals surface area contributed by atoms with Crippen LogP contribution >= 0.6 is 11.3 Å². The number of carbonyl (C=O) groups is 3. The molecule has 0 radical (unpaired) electrons. The van der Waals surface area contributed by atoms with Crippen molar-refractivity contribution in [3.63, 3.8) is 0 Å².